The van der Waals surface area contributed by atoms with Crippen molar-refractivity contribution in [2.45, 2.75) is 25.1 Å². The highest BCUT2D eigenvalue weighted by Crippen LogP contribution is 2.19. The fraction of sp³-hybridized carbons (Fsp3) is 0.846. The molecular formula is C13H22F3N3. The highest BCUT2D eigenvalue weighted by Gasteiger charge is 2.32. The number of hydrogen-bond acceptors (Lipinski definition) is 3. The minimum atomic E-state index is -4.08. The Morgan fingerprint density at radius 3 is 2.21 bits per heavy atom. The Kier molecular flexibility index (Phi) is 4.86. The van der Waals surface area contributed by atoms with E-state index in [4.69, 9.17) is 0 Å². The van der Waals surface area contributed by atoms with Gasteiger partial charge in [-0.1, -0.05) is 6.58 Å². The summed E-state index contributed by atoms with van der Waals surface area (Å²) in [5.74, 6) is 0. The first-order valence-corrected chi connectivity index (χ1v) is 6.84. The molecule has 1 heterocycles. The Bertz CT molecular complexity index is 305. The fourth-order valence-electron chi connectivity index (χ4n) is 2.31. The van der Waals surface area contributed by atoms with Gasteiger partial charge in [0, 0.05) is 45.3 Å². The second kappa shape index (κ2) is 6.24. The van der Waals surface area contributed by atoms with Gasteiger partial charge in [0.1, 0.15) is 0 Å². The lowest BCUT2D eigenvalue weighted by Gasteiger charge is -2.35. The van der Waals surface area contributed by atoms with E-state index in [1.54, 1.807) is 0 Å². The van der Waals surface area contributed by atoms with E-state index in [2.05, 4.69) is 16.8 Å². The van der Waals surface area contributed by atoms with Gasteiger partial charge in [0.25, 0.3) is 0 Å². The third kappa shape index (κ3) is 5.93. The van der Waals surface area contributed by atoms with Gasteiger partial charge in [-0.15, -0.1) is 0 Å². The Morgan fingerprint density at radius 2 is 1.68 bits per heavy atom. The average molecular weight is 277 g/mol. The van der Waals surface area contributed by atoms with E-state index < -0.39 is 12.7 Å². The van der Waals surface area contributed by atoms with Gasteiger partial charge in [0.15, 0.2) is 0 Å². The average Bonchev–Trinajstić information content (AvgIpc) is 3.11. The molecule has 0 amide bonds. The lowest BCUT2D eigenvalue weighted by atomic mass is 10.2. The Morgan fingerprint density at radius 1 is 1.11 bits per heavy atom. The summed E-state index contributed by atoms with van der Waals surface area (Å²) in [6, 6.07) is 0.667. The Hall–Kier alpha value is -0.590. The first kappa shape index (κ1) is 14.8. The number of hydrogen-bond donors (Lipinski definition) is 1. The zero-order chi connectivity index (χ0) is 13.9. The second-order valence-electron chi connectivity index (χ2n) is 5.57. The molecule has 2 rings (SSSR count). The topological polar surface area (TPSA) is 18.5 Å². The summed E-state index contributed by atoms with van der Waals surface area (Å²) in [5, 5.41) is 3.40. The van der Waals surface area contributed by atoms with E-state index >= 15 is 0 Å². The van der Waals surface area contributed by atoms with Crippen LogP contribution in [0.15, 0.2) is 12.2 Å². The minimum absolute atomic E-state index is 0.489. The summed E-state index contributed by atoms with van der Waals surface area (Å²) in [7, 11) is 0. The molecule has 1 N–H and O–H groups in total. The number of nitrogens with one attached hydrogen (secondary N) is 1. The highest BCUT2D eigenvalue weighted by molar-refractivity contribution is 5.02. The molecule has 0 bridgehead atoms. The maximum atomic E-state index is 12.3. The standard InChI is InChI=1S/C13H22F3N3/c1-11(8-17-12-2-3-12)9-18-4-6-19(7-5-18)10-13(14,15)16/h12,17H,1-10H2. The van der Waals surface area contributed by atoms with Gasteiger partial charge in [0.05, 0.1) is 6.54 Å². The monoisotopic (exact) mass is 277 g/mol. The van der Waals surface area contributed by atoms with Crippen LogP contribution in [0.5, 0.6) is 0 Å². The minimum Gasteiger partial charge on any atom is -0.310 e. The van der Waals surface area contributed by atoms with E-state index in [9.17, 15) is 13.2 Å². The molecule has 1 saturated heterocycles. The zero-order valence-electron chi connectivity index (χ0n) is 11.2. The van der Waals surface area contributed by atoms with Crippen molar-refractivity contribution in [3.63, 3.8) is 0 Å². The summed E-state index contributed by atoms with van der Waals surface area (Å²) >= 11 is 0. The smallest absolute Gasteiger partial charge is 0.310 e. The molecule has 0 unspecified atom stereocenters. The van der Waals surface area contributed by atoms with E-state index in [0.29, 0.717) is 32.2 Å². The van der Waals surface area contributed by atoms with Gasteiger partial charge in [-0.3, -0.25) is 9.80 Å². The van der Waals surface area contributed by atoms with Gasteiger partial charge >= 0.3 is 6.18 Å². The molecule has 3 nitrogen and oxygen atoms in total. The molecule has 0 spiro atoms. The molecule has 6 heteroatoms. The predicted molar refractivity (Wildman–Crippen MR) is 69.1 cm³/mol. The van der Waals surface area contributed by atoms with Crippen LogP contribution in [-0.2, 0) is 0 Å². The third-order valence-electron chi connectivity index (χ3n) is 3.53. The van der Waals surface area contributed by atoms with Gasteiger partial charge in [-0.05, 0) is 18.4 Å². The predicted octanol–water partition coefficient (Wildman–Crippen LogP) is 1.47. The van der Waals surface area contributed by atoms with Crippen molar-refractivity contribution in [2.75, 3.05) is 45.8 Å². The van der Waals surface area contributed by atoms with Crippen LogP contribution >= 0.6 is 0 Å². The molecule has 1 aliphatic heterocycles. The van der Waals surface area contributed by atoms with Crippen LogP contribution in [0.25, 0.3) is 0 Å². The van der Waals surface area contributed by atoms with Crippen LogP contribution in [0.3, 0.4) is 0 Å². The summed E-state index contributed by atoms with van der Waals surface area (Å²) in [6.45, 7) is 7.22. The maximum Gasteiger partial charge on any atom is 0.401 e. The molecule has 19 heavy (non-hydrogen) atoms. The Labute approximate surface area is 112 Å². The SMILES string of the molecule is C=C(CNC1CC1)CN1CCN(CC(F)(F)F)CC1. The van der Waals surface area contributed by atoms with Crippen LogP contribution < -0.4 is 5.32 Å². The maximum absolute atomic E-state index is 12.3. The van der Waals surface area contributed by atoms with Gasteiger partial charge in [0.2, 0.25) is 0 Å². The van der Waals surface area contributed by atoms with E-state index in [1.807, 2.05) is 0 Å². The van der Waals surface area contributed by atoms with Gasteiger partial charge in [-0.25, -0.2) is 0 Å². The van der Waals surface area contributed by atoms with Crippen molar-refractivity contribution < 1.29 is 13.2 Å². The summed E-state index contributed by atoms with van der Waals surface area (Å²) < 4.78 is 36.8. The van der Waals surface area contributed by atoms with Crippen LogP contribution in [-0.4, -0.2) is 67.8 Å². The van der Waals surface area contributed by atoms with Crippen LogP contribution in [0.2, 0.25) is 0 Å². The highest BCUT2D eigenvalue weighted by atomic mass is 19.4. The molecule has 1 saturated carbocycles. The quantitative estimate of drug-likeness (QED) is 0.742. The molecule has 0 aromatic heterocycles. The third-order valence-corrected chi connectivity index (χ3v) is 3.53. The first-order valence-electron chi connectivity index (χ1n) is 6.84. The molecule has 2 fully saturated rings. The zero-order valence-corrected chi connectivity index (χ0v) is 11.2. The molecule has 0 aromatic carbocycles. The van der Waals surface area contributed by atoms with E-state index in [1.165, 1.54) is 17.7 Å². The van der Waals surface area contributed by atoms with E-state index in [-0.39, 0.29) is 0 Å². The Balaban J connectivity index is 1.61. The second-order valence-corrected chi connectivity index (χ2v) is 5.57. The van der Waals surface area contributed by atoms with E-state index in [0.717, 1.165) is 18.7 Å². The van der Waals surface area contributed by atoms with Crippen molar-refractivity contribution in [1.82, 2.24) is 15.1 Å². The molecule has 0 radical (unpaired) electrons. The number of halogens is 3. The van der Waals surface area contributed by atoms with Crippen molar-refractivity contribution in [1.29, 1.82) is 0 Å². The number of alkyl halides is 3. The molecule has 0 aromatic rings. The molecule has 2 aliphatic rings. The first-order chi connectivity index (χ1) is 8.92. The molecular weight excluding hydrogens is 255 g/mol. The van der Waals surface area contributed by atoms with Gasteiger partial charge in [-0.2, -0.15) is 13.2 Å². The van der Waals surface area contributed by atoms with Crippen LogP contribution in [0.4, 0.5) is 13.2 Å². The summed E-state index contributed by atoms with van der Waals surface area (Å²) in [6.07, 6.45) is -1.58. The molecule has 0 atom stereocenters. The normalized spacial score (nSPS) is 22.7. The number of piperazine rings is 1. The number of rotatable bonds is 6. The molecule has 1 aliphatic carbocycles. The van der Waals surface area contributed by atoms with Crippen LogP contribution in [0.1, 0.15) is 12.8 Å². The largest absolute Gasteiger partial charge is 0.401 e. The van der Waals surface area contributed by atoms with Gasteiger partial charge < -0.3 is 5.32 Å². The lowest BCUT2D eigenvalue weighted by molar-refractivity contribution is -0.149. The lowest BCUT2D eigenvalue weighted by Crippen LogP contribution is -2.49. The molecule has 110 valence electrons. The van der Waals surface area contributed by atoms with Crippen molar-refractivity contribution >= 4 is 0 Å². The van der Waals surface area contributed by atoms with Crippen molar-refractivity contribution in [2.24, 2.45) is 0 Å². The van der Waals surface area contributed by atoms with Crippen LogP contribution in [0, 0.1) is 0 Å². The summed E-state index contributed by atoms with van der Waals surface area (Å²) in [4.78, 5) is 3.66. The van der Waals surface area contributed by atoms with Crippen molar-refractivity contribution in [3.05, 3.63) is 12.2 Å². The number of nitrogens with zero attached hydrogens (tertiary/aromatic N) is 2. The fourth-order valence-corrected chi connectivity index (χ4v) is 2.31. The van der Waals surface area contributed by atoms with Crippen molar-refractivity contribution in [3.8, 4) is 0 Å². The summed E-state index contributed by atoms with van der Waals surface area (Å²) in [5.41, 5.74) is 1.12.